The van der Waals surface area contributed by atoms with Crippen LogP contribution in [0.3, 0.4) is 0 Å². The molecule has 2 aromatic rings. The number of methoxy groups -OCH3 is 1. The molecule has 2 rings (SSSR count). The molecule has 7 nitrogen and oxygen atoms in total. The second kappa shape index (κ2) is 9.60. The number of carbonyl (C=O) groups excluding carboxylic acids is 1. The van der Waals surface area contributed by atoms with Gasteiger partial charge in [-0.05, 0) is 23.8 Å². The van der Waals surface area contributed by atoms with Gasteiger partial charge in [-0.15, -0.1) is 0 Å². The molecule has 2 N–H and O–H groups in total. The molecule has 1 aromatic carbocycles. The number of nitrogens with zero attached hydrogens (tertiary/aromatic N) is 3. The van der Waals surface area contributed by atoms with E-state index in [2.05, 4.69) is 15.5 Å². The van der Waals surface area contributed by atoms with Crippen LogP contribution in [0.15, 0.2) is 47.8 Å². The Morgan fingerprint density at radius 2 is 2.00 bits per heavy atom. The molecule has 0 aliphatic heterocycles. The normalized spacial score (nSPS) is 9.50. The van der Waals surface area contributed by atoms with Crippen molar-refractivity contribution < 1.29 is 39.6 Å². The van der Waals surface area contributed by atoms with Crippen LogP contribution >= 0.6 is 0 Å². The molecule has 0 aliphatic carbocycles. The second-order valence-electron chi connectivity index (χ2n) is 3.76. The van der Waals surface area contributed by atoms with Crippen molar-refractivity contribution in [3.8, 4) is 11.5 Å². The fourth-order valence-electron chi connectivity index (χ4n) is 1.49. The molecule has 1 aromatic heterocycles. The number of rotatable bonds is 4. The Hall–Kier alpha value is -2.31. The van der Waals surface area contributed by atoms with E-state index in [0.717, 1.165) is 0 Å². The van der Waals surface area contributed by atoms with E-state index in [1.165, 1.54) is 37.9 Å². The predicted molar refractivity (Wildman–Crippen MR) is 75.6 cm³/mol. The van der Waals surface area contributed by atoms with Gasteiger partial charge in [0.15, 0.2) is 0 Å². The van der Waals surface area contributed by atoms with Crippen LogP contribution in [0.4, 0.5) is 0 Å². The summed E-state index contributed by atoms with van der Waals surface area (Å²) in [6.07, 6.45) is 4.21. The summed E-state index contributed by atoms with van der Waals surface area (Å²) in [7, 11) is 1.41. The quantitative estimate of drug-likeness (QED) is 0.460. The zero-order valence-corrected chi connectivity index (χ0v) is 14.9. The van der Waals surface area contributed by atoms with Crippen LogP contribution < -0.4 is 9.84 Å². The van der Waals surface area contributed by atoms with Crippen LogP contribution in [-0.4, -0.2) is 29.7 Å². The number of carbonyl (C=O) groups is 1. The van der Waals surface area contributed by atoms with Crippen LogP contribution in [0, 0.1) is 0 Å². The Bertz CT molecular complexity index is 635. The first-order valence-electron chi connectivity index (χ1n) is 5.75. The number of pyridine rings is 1. The minimum Gasteiger partial charge on any atom is -0.870 e. The fraction of sp³-hybridized carbons (Fsp3) is 0.0714. The van der Waals surface area contributed by atoms with Crippen molar-refractivity contribution in [3.63, 3.8) is 0 Å². The maximum Gasteiger partial charge on any atom is 2.00 e. The average Bonchev–Trinajstić information content (AvgIpc) is 2.49. The summed E-state index contributed by atoms with van der Waals surface area (Å²) < 4.78 is 4.90. The predicted octanol–water partition coefficient (Wildman–Crippen LogP) is 0.885. The van der Waals surface area contributed by atoms with Crippen LogP contribution in [0.2, 0.25) is 0 Å². The van der Waals surface area contributed by atoms with Crippen LogP contribution in [-0.2, 0) is 19.5 Å². The molecular formula is C14H13N3O4Zn. The number of benzene rings is 1. The van der Waals surface area contributed by atoms with Crippen molar-refractivity contribution in [3.05, 3.63) is 59.3 Å². The van der Waals surface area contributed by atoms with E-state index >= 15 is 0 Å². The summed E-state index contributed by atoms with van der Waals surface area (Å²) in [4.78, 5) is 15.4. The summed E-state index contributed by atoms with van der Waals surface area (Å²) in [5.74, 6) is -0.585. The van der Waals surface area contributed by atoms with Gasteiger partial charge in [-0.25, -0.2) is 0 Å². The van der Waals surface area contributed by atoms with E-state index in [4.69, 9.17) is 4.74 Å². The summed E-state index contributed by atoms with van der Waals surface area (Å²) in [5.41, 5.74) is 4.19. The van der Waals surface area contributed by atoms with Gasteiger partial charge in [-0.3, -0.25) is 4.98 Å². The first-order valence-corrected chi connectivity index (χ1v) is 5.75. The van der Waals surface area contributed by atoms with Gasteiger partial charge in [-0.1, -0.05) is 17.9 Å². The van der Waals surface area contributed by atoms with Crippen molar-refractivity contribution in [1.29, 1.82) is 0 Å². The van der Waals surface area contributed by atoms with Gasteiger partial charge in [0.25, 0.3) is 0 Å². The molecule has 0 saturated carbocycles. The maximum atomic E-state index is 11.8. The Balaban J connectivity index is 0.00000220. The zero-order chi connectivity index (χ0) is 14.4. The van der Waals surface area contributed by atoms with Gasteiger partial charge >= 0.3 is 19.5 Å². The number of para-hydroxylation sites is 1. The minimum atomic E-state index is -0.501. The Labute approximate surface area is 140 Å². The molecule has 0 aliphatic rings. The van der Waals surface area contributed by atoms with Gasteiger partial charge < -0.3 is 30.6 Å². The third-order valence-corrected chi connectivity index (χ3v) is 2.50. The molecule has 0 fully saturated rings. The standard InChI is InChI=1S/C14H13N3O3.H2O.Zn/c1-20-12-4-2-3-11(13(12)18)9-16-17-14(19)10-5-7-15-8-6-10;;/h2-9H,1H3,(H2,15,16,17,18,19);1H2;/q;;+2/p-2. The molecule has 0 atom stereocenters. The smallest absolute Gasteiger partial charge is 0.870 e. The zero-order valence-electron chi connectivity index (χ0n) is 11.9. The SMILES string of the molecule is COc1cccc(/C=N/[N-]C(=O)c2ccncc2)c1[O-].O.[Zn+2]. The largest absolute Gasteiger partial charge is 2.00 e. The van der Waals surface area contributed by atoms with Crippen molar-refractivity contribution >= 4 is 12.1 Å². The summed E-state index contributed by atoms with van der Waals surface area (Å²) in [5, 5.41) is 15.4. The van der Waals surface area contributed by atoms with E-state index in [1.54, 1.807) is 18.2 Å². The number of hydrogen-bond acceptors (Lipinski definition) is 5. The van der Waals surface area contributed by atoms with Gasteiger partial charge in [-0.2, -0.15) is 0 Å². The topological polar surface area (TPSA) is 120 Å². The van der Waals surface area contributed by atoms with Gasteiger partial charge in [0, 0.05) is 24.2 Å². The molecule has 1 heterocycles. The molecule has 0 bridgehead atoms. The molecule has 0 saturated heterocycles. The first-order chi connectivity index (χ1) is 9.72. The van der Waals surface area contributed by atoms with E-state index < -0.39 is 5.91 Å². The molecule has 110 valence electrons. The van der Waals surface area contributed by atoms with Crippen LogP contribution in [0.5, 0.6) is 11.5 Å². The number of ether oxygens (including phenoxy) is 1. The summed E-state index contributed by atoms with van der Waals surface area (Å²) in [6.45, 7) is 0. The summed E-state index contributed by atoms with van der Waals surface area (Å²) in [6, 6.07) is 7.85. The van der Waals surface area contributed by atoms with Crippen molar-refractivity contribution in [2.24, 2.45) is 5.10 Å². The van der Waals surface area contributed by atoms with Crippen LogP contribution in [0.25, 0.3) is 5.43 Å². The van der Waals surface area contributed by atoms with Gasteiger partial charge in [0.2, 0.25) is 0 Å². The molecule has 0 unspecified atom stereocenters. The van der Waals surface area contributed by atoms with Crippen molar-refractivity contribution in [2.45, 2.75) is 0 Å². The van der Waals surface area contributed by atoms with Gasteiger partial charge in [0.1, 0.15) is 5.75 Å². The number of amides is 1. The van der Waals surface area contributed by atoms with Crippen molar-refractivity contribution in [2.75, 3.05) is 7.11 Å². The van der Waals surface area contributed by atoms with Crippen LogP contribution in [0.1, 0.15) is 15.9 Å². The molecule has 0 radical (unpaired) electrons. The molecular weight excluding hydrogens is 340 g/mol. The number of aromatic nitrogens is 1. The van der Waals surface area contributed by atoms with Gasteiger partial charge in [0.05, 0.1) is 13.0 Å². The molecule has 22 heavy (non-hydrogen) atoms. The van der Waals surface area contributed by atoms with E-state index in [0.29, 0.717) is 11.1 Å². The van der Waals surface area contributed by atoms with E-state index in [1.807, 2.05) is 0 Å². The monoisotopic (exact) mass is 351 g/mol. The second-order valence-corrected chi connectivity index (χ2v) is 3.76. The third kappa shape index (κ3) is 4.91. The maximum absolute atomic E-state index is 11.8. The minimum absolute atomic E-state index is 0. The Morgan fingerprint density at radius 1 is 1.32 bits per heavy atom. The Morgan fingerprint density at radius 3 is 2.64 bits per heavy atom. The van der Waals surface area contributed by atoms with E-state index in [-0.39, 0.29) is 36.5 Å². The van der Waals surface area contributed by atoms with E-state index in [9.17, 15) is 9.90 Å². The Kier molecular flexibility index (Phi) is 8.59. The average molecular weight is 353 g/mol. The first kappa shape index (κ1) is 19.7. The molecule has 1 amide bonds. The molecule has 8 heteroatoms. The van der Waals surface area contributed by atoms with Crippen molar-refractivity contribution in [1.82, 2.24) is 4.98 Å². The molecule has 0 spiro atoms. The number of hydrogen-bond donors (Lipinski definition) is 0. The third-order valence-electron chi connectivity index (χ3n) is 2.50. The summed E-state index contributed by atoms with van der Waals surface area (Å²) >= 11 is 0. The fourth-order valence-corrected chi connectivity index (χ4v) is 1.49.